The van der Waals surface area contributed by atoms with Crippen LogP contribution in [0.25, 0.3) is 0 Å². The lowest BCUT2D eigenvalue weighted by Crippen LogP contribution is -2.48. The molecule has 3 rings (SSSR count). The molecule has 0 saturated carbocycles. The fraction of sp³-hybridized carbons (Fsp3) is 0.429. The van der Waals surface area contributed by atoms with Gasteiger partial charge in [0.2, 0.25) is 10.0 Å². The lowest BCUT2D eigenvalue weighted by molar-refractivity contribution is 0.181. The van der Waals surface area contributed by atoms with Crippen molar-refractivity contribution in [2.45, 2.75) is 32.2 Å². The highest BCUT2D eigenvalue weighted by Gasteiger charge is 2.28. The summed E-state index contributed by atoms with van der Waals surface area (Å²) in [5, 5.41) is 0. The summed E-state index contributed by atoms with van der Waals surface area (Å²) in [7, 11) is -1.88. The van der Waals surface area contributed by atoms with Gasteiger partial charge in [-0.25, -0.2) is 8.42 Å². The summed E-state index contributed by atoms with van der Waals surface area (Å²) >= 11 is 0. The molecule has 6 heteroatoms. The number of benzene rings is 2. The summed E-state index contributed by atoms with van der Waals surface area (Å²) in [5.74, 6) is 0.655. The molecule has 1 saturated heterocycles. The third-order valence-electron chi connectivity index (χ3n) is 5.25. The quantitative estimate of drug-likeness (QED) is 0.790. The molecule has 0 amide bonds. The summed E-state index contributed by atoms with van der Waals surface area (Å²) in [6.07, 6.45) is 0. The van der Waals surface area contributed by atoms with Crippen LogP contribution in [0.4, 0.5) is 0 Å². The van der Waals surface area contributed by atoms with Crippen LogP contribution in [0.2, 0.25) is 0 Å². The number of hydrogen-bond acceptors (Lipinski definition) is 4. The molecule has 1 aliphatic heterocycles. The first-order valence-electron chi connectivity index (χ1n) is 9.24. The van der Waals surface area contributed by atoms with Crippen LogP contribution in [-0.2, 0) is 16.6 Å². The zero-order valence-electron chi connectivity index (χ0n) is 16.5. The molecule has 1 heterocycles. The maximum atomic E-state index is 12.9. The van der Waals surface area contributed by atoms with Gasteiger partial charge in [0, 0.05) is 32.7 Å². The third-order valence-corrected chi connectivity index (χ3v) is 7.16. The normalized spacial score (nSPS) is 16.4. The number of rotatable bonds is 5. The Hall–Kier alpha value is -1.89. The van der Waals surface area contributed by atoms with Crippen molar-refractivity contribution in [3.8, 4) is 5.75 Å². The van der Waals surface area contributed by atoms with E-state index in [9.17, 15) is 8.42 Å². The van der Waals surface area contributed by atoms with Gasteiger partial charge < -0.3 is 4.74 Å². The fourth-order valence-electron chi connectivity index (χ4n) is 3.71. The second-order valence-corrected chi connectivity index (χ2v) is 9.17. The Bertz CT molecular complexity index is 877. The van der Waals surface area contributed by atoms with Crippen molar-refractivity contribution in [1.29, 1.82) is 0 Å². The lowest BCUT2D eigenvalue weighted by Gasteiger charge is -2.34. The van der Waals surface area contributed by atoms with Gasteiger partial charge in [-0.15, -0.1) is 0 Å². The average molecular weight is 389 g/mol. The van der Waals surface area contributed by atoms with Gasteiger partial charge in [-0.1, -0.05) is 17.7 Å². The minimum absolute atomic E-state index is 0.321. The standard InChI is InChI=1S/C21H28N2O3S/c1-16-13-17(2)21(18(3)14-16)15-22-9-11-23(12-10-22)27(24,25)20-7-5-19(26-4)6-8-20/h5-8,13-14H,9-12,15H2,1-4H3. The maximum absolute atomic E-state index is 12.9. The first-order valence-corrected chi connectivity index (χ1v) is 10.7. The number of nitrogens with zero attached hydrogens (tertiary/aromatic N) is 2. The van der Waals surface area contributed by atoms with Gasteiger partial charge in [0.15, 0.2) is 0 Å². The molecule has 0 spiro atoms. The van der Waals surface area contributed by atoms with Gasteiger partial charge >= 0.3 is 0 Å². The minimum atomic E-state index is -3.45. The van der Waals surface area contributed by atoms with E-state index in [0.717, 1.165) is 19.6 Å². The molecule has 5 nitrogen and oxygen atoms in total. The van der Waals surface area contributed by atoms with Gasteiger partial charge in [0.25, 0.3) is 0 Å². The molecule has 0 aromatic heterocycles. The lowest BCUT2D eigenvalue weighted by atomic mass is 9.99. The Morgan fingerprint density at radius 1 is 0.926 bits per heavy atom. The Balaban J connectivity index is 1.66. The number of hydrogen-bond donors (Lipinski definition) is 0. The molecule has 0 atom stereocenters. The van der Waals surface area contributed by atoms with Gasteiger partial charge in [0.05, 0.1) is 12.0 Å². The molecular formula is C21H28N2O3S. The van der Waals surface area contributed by atoms with Crippen LogP contribution >= 0.6 is 0 Å². The van der Waals surface area contributed by atoms with E-state index in [4.69, 9.17) is 4.74 Å². The van der Waals surface area contributed by atoms with E-state index in [0.29, 0.717) is 23.7 Å². The predicted molar refractivity (Wildman–Crippen MR) is 108 cm³/mol. The molecule has 1 aliphatic rings. The van der Waals surface area contributed by atoms with E-state index in [1.165, 1.54) is 22.3 Å². The van der Waals surface area contributed by atoms with Crippen molar-refractivity contribution < 1.29 is 13.2 Å². The topological polar surface area (TPSA) is 49.9 Å². The Morgan fingerprint density at radius 3 is 2.00 bits per heavy atom. The largest absolute Gasteiger partial charge is 0.497 e. The van der Waals surface area contributed by atoms with E-state index in [-0.39, 0.29) is 0 Å². The molecule has 0 aliphatic carbocycles. The van der Waals surface area contributed by atoms with Crippen molar-refractivity contribution in [2.24, 2.45) is 0 Å². The molecule has 2 aromatic carbocycles. The molecule has 0 unspecified atom stereocenters. The van der Waals surface area contributed by atoms with E-state index in [1.807, 2.05) is 0 Å². The Kier molecular flexibility index (Phi) is 5.89. The van der Waals surface area contributed by atoms with Gasteiger partial charge in [-0.2, -0.15) is 4.31 Å². The number of sulfonamides is 1. The van der Waals surface area contributed by atoms with Gasteiger partial charge in [0.1, 0.15) is 5.75 Å². The van der Waals surface area contributed by atoms with Crippen LogP contribution in [0, 0.1) is 20.8 Å². The van der Waals surface area contributed by atoms with Crippen LogP contribution in [0.1, 0.15) is 22.3 Å². The number of piperazine rings is 1. The van der Waals surface area contributed by atoms with Crippen molar-refractivity contribution in [1.82, 2.24) is 9.21 Å². The van der Waals surface area contributed by atoms with E-state index < -0.39 is 10.0 Å². The SMILES string of the molecule is COc1ccc(S(=O)(=O)N2CCN(Cc3c(C)cc(C)cc3C)CC2)cc1. The molecule has 27 heavy (non-hydrogen) atoms. The molecule has 1 fully saturated rings. The second kappa shape index (κ2) is 8.00. The van der Waals surface area contributed by atoms with Crippen LogP contribution in [0.3, 0.4) is 0 Å². The summed E-state index contributed by atoms with van der Waals surface area (Å²) < 4.78 is 32.4. The number of methoxy groups -OCH3 is 1. The summed E-state index contributed by atoms with van der Waals surface area (Å²) in [6.45, 7) is 9.79. The molecule has 0 bridgehead atoms. The minimum Gasteiger partial charge on any atom is -0.497 e. The zero-order chi connectivity index (χ0) is 19.6. The highest BCUT2D eigenvalue weighted by molar-refractivity contribution is 7.89. The van der Waals surface area contributed by atoms with E-state index in [2.05, 4.69) is 37.8 Å². The van der Waals surface area contributed by atoms with Crippen LogP contribution in [0.5, 0.6) is 5.75 Å². The first-order chi connectivity index (χ1) is 12.8. The summed E-state index contributed by atoms with van der Waals surface area (Å²) in [5.41, 5.74) is 5.25. The smallest absolute Gasteiger partial charge is 0.243 e. The number of ether oxygens (including phenoxy) is 1. The maximum Gasteiger partial charge on any atom is 0.243 e. The average Bonchev–Trinajstić information content (AvgIpc) is 2.65. The molecule has 2 aromatic rings. The van der Waals surface area contributed by atoms with Crippen molar-refractivity contribution in [3.63, 3.8) is 0 Å². The number of aryl methyl sites for hydroxylation is 3. The van der Waals surface area contributed by atoms with Crippen LogP contribution in [0.15, 0.2) is 41.3 Å². The highest BCUT2D eigenvalue weighted by atomic mass is 32.2. The fourth-order valence-corrected chi connectivity index (χ4v) is 5.13. The zero-order valence-corrected chi connectivity index (χ0v) is 17.3. The van der Waals surface area contributed by atoms with Crippen molar-refractivity contribution >= 4 is 10.0 Å². The second-order valence-electron chi connectivity index (χ2n) is 7.23. The van der Waals surface area contributed by atoms with E-state index in [1.54, 1.807) is 35.7 Å². The van der Waals surface area contributed by atoms with Crippen LogP contribution < -0.4 is 4.74 Å². The van der Waals surface area contributed by atoms with Crippen LogP contribution in [-0.4, -0.2) is 50.9 Å². The third kappa shape index (κ3) is 4.34. The van der Waals surface area contributed by atoms with Gasteiger partial charge in [-0.05, 0) is 61.7 Å². The summed E-state index contributed by atoms with van der Waals surface area (Å²) in [6, 6.07) is 11.0. The molecule has 0 N–H and O–H groups in total. The summed E-state index contributed by atoms with van der Waals surface area (Å²) in [4.78, 5) is 2.66. The van der Waals surface area contributed by atoms with Crippen molar-refractivity contribution in [2.75, 3.05) is 33.3 Å². The monoisotopic (exact) mass is 388 g/mol. The van der Waals surface area contributed by atoms with Crippen molar-refractivity contribution in [3.05, 3.63) is 58.7 Å². The van der Waals surface area contributed by atoms with E-state index >= 15 is 0 Å². The highest BCUT2D eigenvalue weighted by Crippen LogP contribution is 2.23. The molecule has 146 valence electrons. The Morgan fingerprint density at radius 2 is 1.48 bits per heavy atom. The predicted octanol–water partition coefficient (Wildman–Crippen LogP) is 3.13. The molecule has 0 radical (unpaired) electrons. The first kappa shape index (κ1) is 19.9. The molecular weight excluding hydrogens is 360 g/mol. The Labute approximate surface area is 162 Å². The van der Waals surface area contributed by atoms with Gasteiger partial charge in [-0.3, -0.25) is 4.90 Å².